The van der Waals surface area contributed by atoms with Crippen LogP contribution in [0.2, 0.25) is 0 Å². The van der Waals surface area contributed by atoms with Gasteiger partial charge in [0.15, 0.2) is 0 Å². The first-order valence-electron chi connectivity index (χ1n) is 7.07. The highest BCUT2D eigenvalue weighted by molar-refractivity contribution is 7.89. The van der Waals surface area contributed by atoms with Crippen LogP contribution in [-0.2, 0) is 16.2 Å². The van der Waals surface area contributed by atoms with E-state index in [-0.39, 0.29) is 4.31 Å². The summed E-state index contributed by atoms with van der Waals surface area (Å²) in [5, 5.41) is 0. The Hall–Kier alpha value is -2.21. The molecule has 2 aromatic rings. The van der Waals surface area contributed by atoms with Crippen molar-refractivity contribution < 1.29 is 39.2 Å². The highest BCUT2D eigenvalue weighted by Gasteiger charge is 2.48. The third-order valence-corrected chi connectivity index (χ3v) is 5.37. The Kier molecular flexibility index (Phi) is 5.53. The van der Waals surface area contributed by atoms with E-state index < -0.39 is 50.3 Å². The van der Waals surface area contributed by atoms with E-state index >= 15 is 0 Å². The lowest BCUT2D eigenvalue weighted by atomic mass is 10.0. The zero-order valence-corrected chi connectivity index (χ0v) is 14.2. The maximum atomic E-state index is 13.5. The molecule has 0 amide bonds. The first-order chi connectivity index (χ1) is 12.2. The minimum atomic E-state index is -5.15. The van der Waals surface area contributed by atoms with E-state index in [9.17, 15) is 39.2 Å². The van der Waals surface area contributed by atoms with Gasteiger partial charge in [-0.05, 0) is 23.8 Å². The van der Waals surface area contributed by atoms with E-state index in [1.54, 1.807) is 0 Å². The lowest BCUT2D eigenvalue weighted by Crippen LogP contribution is -2.39. The molecule has 1 aromatic carbocycles. The molecule has 12 heteroatoms. The molecule has 2 rings (SSSR count). The van der Waals surface area contributed by atoms with Crippen molar-refractivity contribution in [2.45, 2.75) is 23.3 Å². The average Bonchev–Trinajstić information content (AvgIpc) is 2.53. The van der Waals surface area contributed by atoms with Crippen molar-refractivity contribution in [1.29, 1.82) is 0 Å². The van der Waals surface area contributed by atoms with Crippen molar-refractivity contribution in [3.8, 4) is 0 Å². The van der Waals surface area contributed by atoms with Crippen LogP contribution in [0.15, 0.2) is 47.6 Å². The van der Waals surface area contributed by atoms with Crippen LogP contribution in [0.1, 0.15) is 17.2 Å². The number of halogens is 7. The topological polar surface area (TPSA) is 50.3 Å². The molecular formula is C15H11F7N2O2S. The van der Waals surface area contributed by atoms with Gasteiger partial charge >= 0.3 is 12.4 Å². The van der Waals surface area contributed by atoms with Crippen molar-refractivity contribution in [3.63, 3.8) is 0 Å². The van der Waals surface area contributed by atoms with Crippen LogP contribution in [0.4, 0.5) is 30.7 Å². The molecule has 1 heterocycles. The number of benzene rings is 1. The summed E-state index contributed by atoms with van der Waals surface area (Å²) in [5.41, 5.74) is -1.92. The minimum absolute atomic E-state index is 0.0912. The van der Waals surface area contributed by atoms with E-state index in [1.807, 2.05) is 0 Å². The van der Waals surface area contributed by atoms with Crippen LogP contribution in [0.3, 0.4) is 0 Å². The van der Waals surface area contributed by atoms with Gasteiger partial charge in [0.2, 0.25) is 10.0 Å². The van der Waals surface area contributed by atoms with Crippen molar-refractivity contribution >= 4 is 10.0 Å². The van der Waals surface area contributed by atoms with Gasteiger partial charge in [-0.25, -0.2) is 12.8 Å². The number of nitrogens with zero attached hydrogens (tertiary/aromatic N) is 2. The van der Waals surface area contributed by atoms with E-state index in [1.165, 1.54) is 0 Å². The van der Waals surface area contributed by atoms with Gasteiger partial charge in [0, 0.05) is 13.2 Å². The van der Waals surface area contributed by atoms with Crippen molar-refractivity contribution in [3.05, 3.63) is 59.7 Å². The minimum Gasteiger partial charge on any atom is -0.260 e. The highest BCUT2D eigenvalue weighted by Crippen LogP contribution is 2.40. The number of aromatic nitrogens is 1. The van der Waals surface area contributed by atoms with Gasteiger partial charge in [0.05, 0.1) is 11.8 Å². The molecule has 0 bridgehead atoms. The predicted octanol–water partition coefficient (Wildman–Crippen LogP) is 4.16. The summed E-state index contributed by atoms with van der Waals surface area (Å²) in [7, 11) is -4.25. The van der Waals surface area contributed by atoms with Crippen LogP contribution in [-0.4, -0.2) is 30.9 Å². The quantitative estimate of drug-likeness (QED) is 0.704. The molecule has 1 atom stereocenters. The Balaban J connectivity index is 2.51. The number of rotatable bonds is 4. The molecule has 0 radical (unpaired) electrons. The van der Waals surface area contributed by atoms with Gasteiger partial charge < -0.3 is 0 Å². The van der Waals surface area contributed by atoms with Crippen LogP contribution < -0.4 is 0 Å². The lowest BCUT2D eigenvalue weighted by molar-refractivity contribution is -0.171. The molecule has 0 saturated heterocycles. The predicted molar refractivity (Wildman–Crippen MR) is 79.4 cm³/mol. The maximum Gasteiger partial charge on any atom is 0.416 e. The number of sulfonamides is 1. The fourth-order valence-electron chi connectivity index (χ4n) is 2.30. The summed E-state index contributed by atoms with van der Waals surface area (Å²) >= 11 is 0. The summed E-state index contributed by atoms with van der Waals surface area (Å²) in [5.74, 6) is -1.08. The second kappa shape index (κ2) is 7.08. The normalized spacial score (nSPS) is 14.4. The molecule has 148 valence electrons. The molecule has 0 unspecified atom stereocenters. The number of hydrogen-bond donors (Lipinski definition) is 0. The second-order valence-electron chi connectivity index (χ2n) is 5.42. The van der Waals surface area contributed by atoms with Gasteiger partial charge in [0.1, 0.15) is 16.8 Å². The molecule has 1 aromatic heterocycles. The molecule has 0 saturated carbocycles. The largest absolute Gasteiger partial charge is 0.416 e. The SMILES string of the molecule is CN([C@H](c1ccc(C(F)(F)F)cc1)C(F)(F)F)S(=O)(=O)c1cncc(F)c1. The van der Waals surface area contributed by atoms with Gasteiger partial charge in [-0.1, -0.05) is 12.1 Å². The molecule has 0 N–H and O–H groups in total. The molecule has 0 spiro atoms. The zero-order valence-electron chi connectivity index (χ0n) is 13.4. The van der Waals surface area contributed by atoms with E-state index in [2.05, 4.69) is 4.98 Å². The van der Waals surface area contributed by atoms with Gasteiger partial charge in [-0.2, -0.15) is 30.6 Å². The number of hydrogen-bond acceptors (Lipinski definition) is 3. The van der Waals surface area contributed by atoms with E-state index in [0.29, 0.717) is 49.8 Å². The van der Waals surface area contributed by atoms with Crippen LogP contribution in [0.25, 0.3) is 0 Å². The summed E-state index contributed by atoms with van der Waals surface area (Å²) in [4.78, 5) is 2.45. The molecule has 0 aliphatic rings. The number of pyridine rings is 1. The van der Waals surface area contributed by atoms with Crippen LogP contribution >= 0.6 is 0 Å². The Morgan fingerprint density at radius 3 is 2.00 bits per heavy atom. The van der Waals surface area contributed by atoms with Gasteiger partial charge in [-0.15, -0.1) is 0 Å². The molecule has 4 nitrogen and oxygen atoms in total. The Bertz CT molecular complexity index is 909. The Morgan fingerprint density at radius 1 is 1.00 bits per heavy atom. The molecule has 0 aliphatic heterocycles. The van der Waals surface area contributed by atoms with E-state index in [0.717, 1.165) is 0 Å². The van der Waals surface area contributed by atoms with Crippen LogP contribution in [0, 0.1) is 5.82 Å². The maximum absolute atomic E-state index is 13.5. The first-order valence-corrected chi connectivity index (χ1v) is 8.51. The summed E-state index contributed by atoms with van der Waals surface area (Å²) in [6.45, 7) is 0. The first kappa shape index (κ1) is 21.1. The smallest absolute Gasteiger partial charge is 0.260 e. The molecular weight excluding hydrogens is 405 g/mol. The zero-order chi connectivity index (χ0) is 20.6. The van der Waals surface area contributed by atoms with Crippen molar-refractivity contribution in [2.24, 2.45) is 0 Å². The third-order valence-electron chi connectivity index (χ3n) is 3.58. The summed E-state index contributed by atoms with van der Waals surface area (Å²) in [6, 6.07) is -0.392. The monoisotopic (exact) mass is 416 g/mol. The fourth-order valence-corrected chi connectivity index (χ4v) is 3.60. The molecule has 27 heavy (non-hydrogen) atoms. The standard InChI is InChI=1S/C15H11F7N2O2S/c1-24(27(25,26)12-6-11(16)7-23-8-12)13(15(20,21)22)9-2-4-10(5-3-9)14(17,18)19/h2-8,13H,1H3/t13-/m1/s1. The Morgan fingerprint density at radius 2 is 1.56 bits per heavy atom. The number of alkyl halides is 6. The van der Waals surface area contributed by atoms with Crippen molar-refractivity contribution in [2.75, 3.05) is 7.05 Å². The van der Waals surface area contributed by atoms with Gasteiger partial charge in [-0.3, -0.25) is 4.98 Å². The third kappa shape index (κ3) is 4.56. The van der Waals surface area contributed by atoms with Gasteiger partial charge in [0.25, 0.3) is 0 Å². The molecule has 0 fully saturated rings. The summed E-state index contributed by atoms with van der Waals surface area (Å²) < 4.78 is 116. The van der Waals surface area contributed by atoms with Crippen LogP contribution in [0.5, 0.6) is 0 Å². The van der Waals surface area contributed by atoms with E-state index in [4.69, 9.17) is 0 Å². The average molecular weight is 416 g/mol. The second-order valence-corrected chi connectivity index (χ2v) is 7.42. The van der Waals surface area contributed by atoms with Crippen molar-refractivity contribution in [1.82, 2.24) is 9.29 Å². The fraction of sp³-hybridized carbons (Fsp3) is 0.267. The summed E-state index contributed by atoms with van der Waals surface area (Å²) in [6.07, 6.45) is -8.59. The molecule has 0 aliphatic carbocycles. The highest BCUT2D eigenvalue weighted by atomic mass is 32.2. The Labute approximate surface area is 149 Å². The lowest BCUT2D eigenvalue weighted by Gasteiger charge is -2.29.